The zero-order valence-electron chi connectivity index (χ0n) is 18.9. The first-order valence-electron chi connectivity index (χ1n) is 11.6. The van der Waals surface area contributed by atoms with E-state index in [0.29, 0.717) is 28.2 Å². The first-order chi connectivity index (χ1) is 16.6. The highest BCUT2D eigenvalue weighted by Gasteiger charge is 2.23. The van der Waals surface area contributed by atoms with Gasteiger partial charge < -0.3 is 14.9 Å². The molecule has 2 N–H and O–H groups in total. The fourth-order valence-corrected chi connectivity index (χ4v) is 5.76. The van der Waals surface area contributed by atoms with Crippen LogP contribution >= 0.6 is 11.3 Å². The molecule has 5 rings (SSSR count). The largest absolute Gasteiger partial charge is 0.508 e. The van der Waals surface area contributed by atoms with Crippen molar-refractivity contribution in [3.8, 4) is 27.7 Å². The van der Waals surface area contributed by atoms with Gasteiger partial charge in [-0.2, -0.15) is 0 Å². The third-order valence-corrected chi connectivity index (χ3v) is 7.48. The molecule has 0 radical (unpaired) electrons. The molecule has 1 aliphatic heterocycles. The first-order valence-corrected chi connectivity index (χ1v) is 12.5. The number of ketones is 1. The van der Waals surface area contributed by atoms with E-state index in [1.807, 2.05) is 18.2 Å². The Hall–Kier alpha value is -3.35. The topological polar surface area (TPSA) is 70.0 Å². The lowest BCUT2D eigenvalue weighted by molar-refractivity contribution is 0.104. The van der Waals surface area contributed by atoms with Crippen molar-refractivity contribution < 1.29 is 19.7 Å². The fourth-order valence-electron chi connectivity index (χ4n) is 4.49. The van der Waals surface area contributed by atoms with Crippen molar-refractivity contribution >= 4 is 27.2 Å². The number of fused-ring (bicyclic) bond motifs is 1. The number of phenolic OH excluding ortho intramolecular Hbond substituents is 2. The number of carbonyl (C=O) groups is 1. The van der Waals surface area contributed by atoms with E-state index in [1.165, 1.54) is 30.6 Å². The number of ether oxygens (including phenoxy) is 1. The average molecular weight is 474 g/mol. The molecule has 3 aromatic carbocycles. The number of likely N-dealkylation sites (tertiary alicyclic amines) is 1. The molecule has 0 unspecified atom stereocenters. The lowest BCUT2D eigenvalue weighted by atomic mass is 9.97. The zero-order valence-corrected chi connectivity index (χ0v) is 19.7. The summed E-state index contributed by atoms with van der Waals surface area (Å²) in [5.74, 6) is 0.872. The van der Waals surface area contributed by atoms with Gasteiger partial charge in [-0.25, -0.2) is 0 Å². The number of hydrogen-bond donors (Lipinski definition) is 2. The predicted molar refractivity (Wildman–Crippen MR) is 136 cm³/mol. The predicted octanol–water partition coefficient (Wildman–Crippen LogP) is 6.08. The smallest absolute Gasteiger partial charge is 0.195 e. The second kappa shape index (κ2) is 9.87. The Balaban J connectivity index is 1.40. The van der Waals surface area contributed by atoms with Crippen LogP contribution in [0.4, 0.5) is 0 Å². The molecule has 0 aliphatic carbocycles. The van der Waals surface area contributed by atoms with Gasteiger partial charge in [0, 0.05) is 33.3 Å². The summed E-state index contributed by atoms with van der Waals surface area (Å²) >= 11 is 1.39. The molecule has 6 heteroatoms. The van der Waals surface area contributed by atoms with E-state index in [1.54, 1.807) is 48.5 Å². The maximum absolute atomic E-state index is 13.7. The lowest BCUT2D eigenvalue weighted by Crippen LogP contribution is -2.33. The third-order valence-electron chi connectivity index (χ3n) is 6.29. The molecule has 5 nitrogen and oxygen atoms in total. The average Bonchev–Trinajstić information content (AvgIpc) is 3.23. The number of rotatable bonds is 7. The highest BCUT2D eigenvalue weighted by Crippen LogP contribution is 2.43. The Labute approximate surface area is 202 Å². The number of hydrogen-bond acceptors (Lipinski definition) is 6. The number of thiophene rings is 1. The summed E-state index contributed by atoms with van der Waals surface area (Å²) in [7, 11) is 0. The Bertz CT molecular complexity index is 1310. The van der Waals surface area contributed by atoms with Crippen molar-refractivity contribution in [1.82, 2.24) is 4.90 Å². The van der Waals surface area contributed by atoms with Crippen molar-refractivity contribution in [2.75, 3.05) is 26.2 Å². The van der Waals surface area contributed by atoms with Gasteiger partial charge in [0.15, 0.2) is 5.78 Å². The monoisotopic (exact) mass is 473 g/mol. The summed E-state index contributed by atoms with van der Waals surface area (Å²) in [5, 5.41) is 21.2. The Morgan fingerprint density at radius 1 is 0.941 bits per heavy atom. The molecule has 1 aliphatic rings. The van der Waals surface area contributed by atoms with Gasteiger partial charge in [-0.1, -0.05) is 18.6 Å². The summed E-state index contributed by atoms with van der Waals surface area (Å²) in [5.41, 5.74) is 1.68. The molecule has 1 aromatic heterocycles. The second-order valence-corrected chi connectivity index (χ2v) is 9.66. The highest BCUT2D eigenvalue weighted by molar-refractivity contribution is 7.22. The standard InChI is InChI=1S/C28H27NO4S/c30-20-10-13-23-25(18-20)34-28(22-6-2-3-7-24(22)31)26(23)27(32)19-8-11-21(12-9-19)33-17-16-29-14-4-1-5-15-29/h2-3,6-13,18,30-31H,1,4-5,14-17H2. The summed E-state index contributed by atoms with van der Waals surface area (Å²) in [6.07, 6.45) is 3.84. The van der Waals surface area contributed by atoms with Crippen molar-refractivity contribution in [2.45, 2.75) is 19.3 Å². The fraction of sp³-hybridized carbons (Fsp3) is 0.250. The van der Waals surface area contributed by atoms with Gasteiger partial charge in [-0.15, -0.1) is 11.3 Å². The number of carbonyl (C=O) groups excluding carboxylic acids is 1. The molecule has 0 atom stereocenters. The van der Waals surface area contributed by atoms with Gasteiger partial charge in [0.25, 0.3) is 0 Å². The van der Waals surface area contributed by atoms with Gasteiger partial charge in [0.1, 0.15) is 23.9 Å². The second-order valence-electron chi connectivity index (χ2n) is 8.61. The van der Waals surface area contributed by atoms with Crippen LogP contribution in [0.5, 0.6) is 17.2 Å². The molecule has 0 spiro atoms. The minimum atomic E-state index is -0.130. The van der Waals surface area contributed by atoms with E-state index >= 15 is 0 Å². The minimum absolute atomic E-state index is 0.116. The molecule has 4 aromatic rings. The Kier molecular flexibility index (Phi) is 6.52. The summed E-state index contributed by atoms with van der Waals surface area (Å²) in [6.45, 7) is 3.83. The van der Waals surface area contributed by atoms with Crippen molar-refractivity contribution in [3.63, 3.8) is 0 Å². The van der Waals surface area contributed by atoms with Crippen molar-refractivity contribution in [3.05, 3.63) is 77.9 Å². The third kappa shape index (κ3) is 4.65. The van der Waals surface area contributed by atoms with E-state index < -0.39 is 0 Å². The van der Waals surface area contributed by atoms with Crippen LogP contribution in [0.25, 0.3) is 20.5 Å². The first kappa shape index (κ1) is 22.4. The summed E-state index contributed by atoms with van der Waals surface area (Å²) in [4.78, 5) is 16.8. The number of aromatic hydroxyl groups is 2. The molecule has 2 heterocycles. The van der Waals surface area contributed by atoms with Crippen LogP contribution in [-0.2, 0) is 0 Å². The molecule has 174 valence electrons. The van der Waals surface area contributed by atoms with Crippen molar-refractivity contribution in [1.29, 1.82) is 0 Å². The molecule has 34 heavy (non-hydrogen) atoms. The zero-order chi connectivity index (χ0) is 23.5. The molecular formula is C28H27NO4S. The molecule has 0 saturated carbocycles. The van der Waals surface area contributed by atoms with Gasteiger partial charge >= 0.3 is 0 Å². The van der Waals surface area contributed by atoms with Gasteiger partial charge in [0.2, 0.25) is 0 Å². The number of para-hydroxylation sites is 1. The SMILES string of the molecule is O=C(c1ccc(OCCN2CCCCC2)cc1)c1c(-c2ccccc2O)sc2cc(O)ccc12. The molecule has 1 saturated heterocycles. The van der Waals surface area contributed by atoms with Crippen LogP contribution in [0.3, 0.4) is 0 Å². The van der Waals surface area contributed by atoms with E-state index in [9.17, 15) is 15.0 Å². The van der Waals surface area contributed by atoms with Crippen LogP contribution in [0.15, 0.2) is 66.7 Å². The Morgan fingerprint density at radius 2 is 1.71 bits per heavy atom. The van der Waals surface area contributed by atoms with E-state index in [4.69, 9.17) is 4.74 Å². The van der Waals surface area contributed by atoms with Gasteiger partial charge in [-0.3, -0.25) is 9.69 Å². The number of phenols is 2. The van der Waals surface area contributed by atoms with Gasteiger partial charge in [-0.05, 0) is 80.5 Å². The normalized spacial score (nSPS) is 14.4. The van der Waals surface area contributed by atoms with Crippen molar-refractivity contribution in [2.24, 2.45) is 0 Å². The number of piperidine rings is 1. The van der Waals surface area contributed by atoms with Crippen LogP contribution in [0, 0.1) is 0 Å². The summed E-state index contributed by atoms with van der Waals surface area (Å²) < 4.78 is 6.71. The molecule has 1 fully saturated rings. The molecule has 0 bridgehead atoms. The quantitative estimate of drug-likeness (QED) is 0.319. The van der Waals surface area contributed by atoms with Crippen LogP contribution in [0.1, 0.15) is 35.2 Å². The lowest BCUT2D eigenvalue weighted by Gasteiger charge is -2.26. The van der Waals surface area contributed by atoms with Crippen LogP contribution in [0.2, 0.25) is 0 Å². The van der Waals surface area contributed by atoms with E-state index in [-0.39, 0.29) is 17.3 Å². The Morgan fingerprint density at radius 3 is 2.47 bits per heavy atom. The maximum Gasteiger partial charge on any atom is 0.195 e. The van der Waals surface area contributed by atoms with Gasteiger partial charge in [0.05, 0.1) is 4.88 Å². The van der Waals surface area contributed by atoms with E-state index in [2.05, 4.69) is 4.90 Å². The maximum atomic E-state index is 13.7. The summed E-state index contributed by atoms with van der Waals surface area (Å²) in [6, 6.07) is 19.2. The number of benzene rings is 3. The van der Waals surface area contributed by atoms with Crippen LogP contribution < -0.4 is 4.74 Å². The van der Waals surface area contributed by atoms with Crippen LogP contribution in [-0.4, -0.2) is 47.1 Å². The molecule has 0 amide bonds. The minimum Gasteiger partial charge on any atom is -0.508 e. The number of nitrogens with zero attached hydrogens (tertiary/aromatic N) is 1. The highest BCUT2D eigenvalue weighted by atomic mass is 32.1. The van der Waals surface area contributed by atoms with E-state index in [0.717, 1.165) is 35.5 Å². The molecular weight excluding hydrogens is 446 g/mol.